The second-order valence-corrected chi connectivity index (χ2v) is 7.63. The van der Waals surface area contributed by atoms with E-state index in [4.69, 9.17) is 0 Å². The summed E-state index contributed by atoms with van der Waals surface area (Å²) in [6.07, 6.45) is 0.198. The van der Waals surface area contributed by atoms with Gasteiger partial charge in [-0.3, -0.25) is 4.79 Å². The van der Waals surface area contributed by atoms with Gasteiger partial charge >= 0.3 is 6.18 Å². The summed E-state index contributed by atoms with van der Waals surface area (Å²) in [6.45, 7) is 0.0633. The molecule has 6 nitrogen and oxygen atoms in total. The molecule has 1 N–H and O–H groups in total. The number of amides is 1. The maximum atomic E-state index is 12.7. The molecule has 2 heterocycles. The molecule has 0 radical (unpaired) electrons. The quantitative estimate of drug-likeness (QED) is 0.754. The van der Waals surface area contributed by atoms with Crippen LogP contribution in [0.15, 0.2) is 52.6 Å². The van der Waals surface area contributed by atoms with E-state index >= 15 is 0 Å². The number of rotatable bonds is 2. The van der Waals surface area contributed by atoms with E-state index in [0.29, 0.717) is 0 Å². The van der Waals surface area contributed by atoms with Gasteiger partial charge < -0.3 is 10.2 Å². The van der Waals surface area contributed by atoms with Gasteiger partial charge in [0.25, 0.3) is 15.9 Å². The van der Waals surface area contributed by atoms with E-state index in [-0.39, 0.29) is 35.8 Å². The first-order valence-electron chi connectivity index (χ1n) is 8.08. The van der Waals surface area contributed by atoms with Crippen LogP contribution in [0, 0.1) is 11.8 Å². The highest BCUT2D eigenvalue weighted by Gasteiger charge is 2.30. The zero-order valence-corrected chi connectivity index (χ0v) is 15.1. The average Bonchev–Trinajstić information content (AvgIpc) is 2.63. The van der Waals surface area contributed by atoms with Crippen LogP contribution in [0.2, 0.25) is 0 Å². The SMILES string of the molecule is O=C(NCC#Cc1cccc(C(F)(F)F)c1)C1=CC=CN2CCS(=O)(=O)N=C12. The molecule has 2 aliphatic heterocycles. The first-order chi connectivity index (χ1) is 13.2. The number of fused-ring (bicyclic) bond motifs is 1. The highest BCUT2D eigenvalue weighted by molar-refractivity contribution is 7.90. The second-order valence-electron chi connectivity index (χ2n) is 5.88. The third-order valence-electron chi connectivity index (χ3n) is 3.86. The molecule has 2 aliphatic rings. The number of halogens is 3. The topological polar surface area (TPSA) is 78.8 Å². The Morgan fingerprint density at radius 1 is 1.32 bits per heavy atom. The Balaban J connectivity index is 1.67. The molecular formula is C18H14F3N3O3S. The van der Waals surface area contributed by atoms with Crippen molar-refractivity contribution in [1.29, 1.82) is 0 Å². The fourth-order valence-corrected chi connectivity index (χ4v) is 3.52. The molecule has 0 atom stereocenters. The molecule has 0 aliphatic carbocycles. The number of benzene rings is 1. The lowest BCUT2D eigenvalue weighted by Gasteiger charge is -2.28. The Kier molecular flexibility index (Phi) is 5.29. The van der Waals surface area contributed by atoms with Crippen LogP contribution in [0.4, 0.5) is 13.2 Å². The number of sulfonamides is 1. The average molecular weight is 409 g/mol. The van der Waals surface area contributed by atoms with E-state index in [1.165, 1.54) is 18.2 Å². The third kappa shape index (κ3) is 4.61. The molecule has 146 valence electrons. The lowest BCUT2D eigenvalue weighted by atomic mass is 10.1. The highest BCUT2D eigenvalue weighted by atomic mass is 32.2. The number of allylic oxidation sites excluding steroid dienone is 2. The molecule has 0 saturated heterocycles. The fourth-order valence-electron chi connectivity index (χ4n) is 2.53. The van der Waals surface area contributed by atoms with Crippen molar-refractivity contribution in [2.75, 3.05) is 18.8 Å². The van der Waals surface area contributed by atoms with Crippen LogP contribution < -0.4 is 5.32 Å². The van der Waals surface area contributed by atoms with Gasteiger partial charge in [0.1, 0.15) is 0 Å². The molecule has 1 aromatic rings. The number of nitrogens with zero attached hydrogens (tertiary/aromatic N) is 2. The number of hydrogen-bond donors (Lipinski definition) is 1. The molecule has 0 fully saturated rings. The van der Waals surface area contributed by atoms with Gasteiger partial charge in [-0.1, -0.05) is 17.9 Å². The predicted octanol–water partition coefficient (Wildman–Crippen LogP) is 1.67. The standard InChI is InChI=1S/C18H14F3N3O3S/c19-18(20,21)14-6-1-4-13(12-14)5-2-8-22-17(25)15-7-3-9-24-10-11-28(26,27)23-16(15)24/h1,3-4,6-7,9,12H,8,10-11H2,(H,22,25). The molecule has 0 aromatic heterocycles. The summed E-state index contributed by atoms with van der Waals surface area (Å²) in [6, 6.07) is 4.54. The monoisotopic (exact) mass is 409 g/mol. The van der Waals surface area contributed by atoms with E-state index < -0.39 is 27.7 Å². The van der Waals surface area contributed by atoms with Gasteiger partial charge in [-0.2, -0.15) is 13.2 Å². The molecule has 3 rings (SSSR count). The summed E-state index contributed by atoms with van der Waals surface area (Å²) in [4.78, 5) is 13.9. The number of nitrogens with one attached hydrogen (secondary N) is 1. The summed E-state index contributed by atoms with van der Waals surface area (Å²) >= 11 is 0. The normalized spacial score (nSPS) is 17.6. The molecule has 28 heavy (non-hydrogen) atoms. The van der Waals surface area contributed by atoms with Gasteiger partial charge in [0.05, 0.1) is 23.4 Å². The van der Waals surface area contributed by atoms with E-state index in [0.717, 1.165) is 12.1 Å². The summed E-state index contributed by atoms with van der Waals surface area (Å²) < 4.78 is 65.1. The summed E-state index contributed by atoms with van der Waals surface area (Å²) in [5.74, 6) is 4.44. The Morgan fingerprint density at radius 3 is 2.86 bits per heavy atom. The number of carbonyl (C=O) groups is 1. The molecule has 0 unspecified atom stereocenters. The summed E-state index contributed by atoms with van der Waals surface area (Å²) in [5.41, 5.74) is -0.566. The zero-order chi connectivity index (χ0) is 20.4. The Bertz CT molecular complexity index is 1060. The van der Waals surface area contributed by atoms with Crippen LogP contribution in [-0.2, 0) is 21.0 Å². The van der Waals surface area contributed by atoms with E-state index in [9.17, 15) is 26.4 Å². The number of amidine groups is 1. The van der Waals surface area contributed by atoms with Gasteiger partial charge in [-0.25, -0.2) is 8.42 Å². The van der Waals surface area contributed by atoms with Crippen LogP contribution in [0.25, 0.3) is 0 Å². The summed E-state index contributed by atoms with van der Waals surface area (Å²) in [7, 11) is -3.63. The molecule has 10 heteroatoms. The van der Waals surface area contributed by atoms with Crippen LogP contribution in [0.1, 0.15) is 11.1 Å². The largest absolute Gasteiger partial charge is 0.416 e. The van der Waals surface area contributed by atoms with Crippen molar-refractivity contribution in [2.24, 2.45) is 4.40 Å². The van der Waals surface area contributed by atoms with E-state index in [2.05, 4.69) is 21.6 Å². The zero-order valence-electron chi connectivity index (χ0n) is 14.3. The highest BCUT2D eigenvalue weighted by Crippen LogP contribution is 2.29. The van der Waals surface area contributed by atoms with Crippen molar-refractivity contribution in [1.82, 2.24) is 10.2 Å². The predicted molar refractivity (Wildman–Crippen MR) is 96.5 cm³/mol. The lowest BCUT2D eigenvalue weighted by Crippen LogP contribution is -2.42. The minimum atomic E-state index is -4.46. The Hall–Kier alpha value is -3.06. The first-order valence-corrected chi connectivity index (χ1v) is 9.69. The van der Waals surface area contributed by atoms with Crippen molar-refractivity contribution in [3.8, 4) is 11.8 Å². The van der Waals surface area contributed by atoms with Gasteiger partial charge in [-0.15, -0.1) is 4.40 Å². The van der Waals surface area contributed by atoms with Crippen molar-refractivity contribution in [3.63, 3.8) is 0 Å². The van der Waals surface area contributed by atoms with E-state index in [1.807, 2.05) is 0 Å². The van der Waals surface area contributed by atoms with Gasteiger partial charge in [0.2, 0.25) is 0 Å². The van der Waals surface area contributed by atoms with E-state index in [1.54, 1.807) is 17.2 Å². The van der Waals surface area contributed by atoms with Gasteiger partial charge in [0, 0.05) is 18.3 Å². The molecule has 0 spiro atoms. The first kappa shape index (κ1) is 19.7. The number of carbonyl (C=O) groups excluding carboxylic acids is 1. The molecule has 0 saturated carbocycles. The van der Waals surface area contributed by atoms with Gasteiger partial charge in [-0.05, 0) is 30.4 Å². The second kappa shape index (κ2) is 7.52. The number of hydrogen-bond acceptors (Lipinski definition) is 4. The minimum Gasteiger partial charge on any atom is -0.341 e. The van der Waals surface area contributed by atoms with Crippen LogP contribution in [-0.4, -0.2) is 43.9 Å². The van der Waals surface area contributed by atoms with Crippen LogP contribution >= 0.6 is 0 Å². The number of alkyl halides is 3. The Labute approximate surface area is 159 Å². The fraction of sp³-hybridized carbons (Fsp3) is 0.222. The van der Waals surface area contributed by atoms with Gasteiger partial charge in [0.15, 0.2) is 5.84 Å². The lowest BCUT2D eigenvalue weighted by molar-refractivity contribution is -0.137. The molecule has 1 amide bonds. The van der Waals surface area contributed by atoms with Crippen molar-refractivity contribution >= 4 is 21.8 Å². The molecule has 1 aromatic carbocycles. The molecule has 0 bridgehead atoms. The van der Waals surface area contributed by atoms with Crippen molar-refractivity contribution in [3.05, 3.63) is 59.3 Å². The maximum Gasteiger partial charge on any atom is 0.416 e. The Morgan fingerprint density at radius 2 is 2.11 bits per heavy atom. The van der Waals surface area contributed by atoms with Crippen molar-refractivity contribution in [2.45, 2.75) is 6.18 Å². The van der Waals surface area contributed by atoms with Crippen LogP contribution in [0.5, 0.6) is 0 Å². The van der Waals surface area contributed by atoms with Crippen LogP contribution in [0.3, 0.4) is 0 Å². The third-order valence-corrected chi connectivity index (χ3v) is 5.01. The smallest absolute Gasteiger partial charge is 0.341 e. The minimum absolute atomic E-state index is 0.0390. The van der Waals surface area contributed by atoms with Crippen molar-refractivity contribution < 1.29 is 26.4 Å². The summed E-state index contributed by atoms with van der Waals surface area (Å²) in [5, 5.41) is 2.49. The molecular weight excluding hydrogens is 395 g/mol. The maximum absolute atomic E-state index is 12.7.